The molecule has 1 amide bonds. The van der Waals surface area contributed by atoms with Gasteiger partial charge in [-0.1, -0.05) is 19.1 Å². The Morgan fingerprint density at radius 3 is 2.57 bits per heavy atom. The van der Waals surface area contributed by atoms with Crippen molar-refractivity contribution in [3.05, 3.63) is 35.1 Å². The average Bonchev–Trinajstić information content (AvgIpc) is 2.59. The molecule has 0 aliphatic rings. The van der Waals surface area contributed by atoms with Crippen LogP contribution in [-0.4, -0.2) is 53.6 Å². The Labute approximate surface area is 173 Å². The molecule has 0 aliphatic carbocycles. The van der Waals surface area contributed by atoms with E-state index in [1.807, 2.05) is 0 Å². The van der Waals surface area contributed by atoms with E-state index in [1.54, 1.807) is 46.0 Å². The van der Waals surface area contributed by atoms with Gasteiger partial charge in [0.1, 0.15) is 11.0 Å². The van der Waals surface area contributed by atoms with Crippen LogP contribution in [0.25, 0.3) is 10.8 Å². The standard InChI is InChI=1S/C19H25BrN2O5S/c1-5-16(22(9-10-23)18(24)27-19(2,3)4)28(25,26)15-8-6-7-13-11-21-12-14(20)17(13)15/h6-8,11-12,16,23H,5,9-10H2,1-4H3/t16-/m0/s1. The average molecular weight is 473 g/mol. The lowest BCUT2D eigenvalue weighted by Crippen LogP contribution is -2.48. The van der Waals surface area contributed by atoms with E-state index in [0.29, 0.717) is 15.2 Å². The molecule has 1 N–H and O–H groups in total. The minimum Gasteiger partial charge on any atom is -0.444 e. The molecule has 0 aliphatic heterocycles. The predicted molar refractivity (Wildman–Crippen MR) is 111 cm³/mol. The molecule has 1 heterocycles. The van der Waals surface area contributed by atoms with Crippen molar-refractivity contribution in [1.29, 1.82) is 0 Å². The molecule has 0 radical (unpaired) electrons. The minimum absolute atomic E-state index is 0.0950. The molecule has 0 saturated heterocycles. The molecule has 0 unspecified atom stereocenters. The summed E-state index contributed by atoms with van der Waals surface area (Å²) >= 11 is 3.38. The second-order valence-corrected chi connectivity index (χ2v) is 10.2. The van der Waals surface area contributed by atoms with Gasteiger partial charge in [-0.2, -0.15) is 0 Å². The molecular weight excluding hydrogens is 448 g/mol. The van der Waals surface area contributed by atoms with Gasteiger partial charge in [-0.05, 0) is 49.2 Å². The number of nitrogens with zero attached hydrogens (tertiary/aromatic N) is 2. The molecule has 154 valence electrons. The van der Waals surface area contributed by atoms with Crippen molar-refractivity contribution in [2.45, 2.75) is 50.0 Å². The summed E-state index contributed by atoms with van der Waals surface area (Å²) in [7, 11) is -3.97. The zero-order valence-electron chi connectivity index (χ0n) is 16.3. The number of rotatable bonds is 6. The molecule has 0 bridgehead atoms. The molecule has 0 saturated carbocycles. The van der Waals surface area contributed by atoms with Gasteiger partial charge < -0.3 is 9.84 Å². The molecule has 1 aromatic heterocycles. The van der Waals surface area contributed by atoms with Gasteiger partial charge in [-0.3, -0.25) is 9.88 Å². The molecule has 0 fully saturated rings. The number of amides is 1. The van der Waals surface area contributed by atoms with E-state index in [0.717, 1.165) is 4.90 Å². The number of pyridine rings is 1. The van der Waals surface area contributed by atoms with Crippen molar-refractivity contribution >= 4 is 42.6 Å². The topological polar surface area (TPSA) is 96.8 Å². The molecule has 1 atom stereocenters. The molecule has 0 spiro atoms. The fraction of sp³-hybridized carbons (Fsp3) is 0.474. The number of aromatic nitrogens is 1. The second-order valence-electron chi connectivity index (χ2n) is 7.28. The van der Waals surface area contributed by atoms with Gasteiger partial charge in [-0.15, -0.1) is 0 Å². The molecule has 9 heteroatoms. The number of sulfone groups is 1. The van der Waals surface area contributed by atoms with Crippen LogP contribution in [0.4, 0.5) is 4.79 Å². The van der Waals surface area contributed by atoms with Crippen molar-refractivity contribution in [2.75, 3.05) is 13.2 Å². The molecule has 1 aromatic carbocycles. The summed E-state index contributed by atoms with van der Waals surface area (Å²) in [6.45, 7) is 6.25. The van der Waals surface area contributed by atoms with E-state index in [1.165, 1.54) is 12.3 Å². The lowest BCUT2D eigenvalue weighted by atomic mass is 10.2. The monoisotopic (exact) mass is 472 g/mol. The zero-order chi connectivity index (χ0) is 21.1. The Hall–Kier alpha value is -1.71. The normalized spacial score (nSPS) is 13.4. The maximum atomic E-state index is 13.5. The number of aliphatic hydroxyl groups is 1. The van der Waals surface area contributed by atoms with E-state index in [9.17, 15) is 18.3 Å². The van der Waals surface area contributed by atoms with Crippen LogP contribution in [0.3, 0.4) is 0 Å². The van der Waals surface area contributed by atoms with Crippen LogP contribution in [0.5, 0.6) is 0 Å². The highest BCUT2D eigenvalue weighted by Gasteiger charge is 2.37. The lowest BCUT2D eigenvalue weighted by Gasteiger charge is -2.32. The van der Waals surface area contributed by atoms with E-state index < -0.39 is 26.9 Å². The number of hydrogen-bond acceptors (Lipinski definition) is 6. The zero-order valence-corrected chi connectivity index (χ0v) is 18.7. The summed E-state index contributed by atoms with van der Waals surface area (Å²) in [6, 6.07) is 4.92. The van der Waals surface area contributed by atoms with Crippen LogP contribution >= 0.6 is 15.9 Å². The Morgan fingerprint density at radius 1 is 1.32 bits per heavy atom. The highest BCUT2D eigenvalue weighted by molar-refractivity contribution is 9.10. The number of halogens is 1. The van der Waals surface area contributed by atoms with Gasteiger partial charge in [-0.25, -0.2) is 13.2 Å². The number of aliphatic hydroxyl groups excluding tert-OH is 1. The van der Waals surface area contributed by atoms with E-state index in [4.69, 9.17) is 4.74 Å². The smallest absolute Gasteiger partial charge is 0.411 e. The molecular formula is C19H25BrN2O5S. The summed E-state index contributed by atoms with van der Waals surface area (Å²) in [5.74, 6) is 0. The summed E-state index contributed by atoms with van der Waals surface area (Å²) < 4.78 is 33.0. The largest absolute Gasteiger partial charge is 0.444 e. The van der Waals surface area contributed by atoms with Crippen molar-refractivity contribution in [3.8, 4) is 0 Å². The van der Waals surface area contributed by atoms with Crippen LogP contribution in [0.15, 0.2) is 40.0 Å². The number of carbonyl (C=O) groups is 1. The van der Waals surface area contributed by atoms with Gasteiger partial charge in [0, 0.05) is 34.2 Å². The van der Waals surface area contributed by atoms with Crippen molar-refractivity contribution in [2.24, 2.45) is 0 Å². The molecule has 28 heavy (non-hydrogen) atoms. The van der Waals surface area contributed by atoms with E-state index >= 15 is 0 Å². The van der Waals surface area contributed by atoms with Crippen LogP contribution in [0, 0.1) is 0 Å². The first-order valence-corrected chi connectivity index (χ1v) is 11.2. The van der Waals surface area contributed by atoms with Gasteiger partial charge in [0.15, 0.2) is 9.84 Å². The molecule has 2 rings (SSSR count). The van der Waals surface area contributed by atoms with Crippen molar-refractivity contribution < 1.29 is 23.1 Å². The summed E-state index contributed by atoms with van der Waals surface area (Å²) in [6.07, 6.45) is 2.47. The van der Waals surface area contributed by atoms with Gasteiger partial charge in [0.25, 0.3) is 0 Å². The highest BCUT2D eigenvalue weighted by atomic mass is 79.9. The Bertz CT molecular complexity index is 951. The van der Waals surface area contributed by atoms with Gasteiger partial charge >= 0.3 is 6.09 Å². The van der Waals surface area contributed by atoms with Crippen LogP contribution in [0.2, 0.25) is 0 Å². The number of benzene rings is 1. The fourth-order valence-electron chi connectivity index (χ4n) is 2.93. The summed E-state index contributed by atoms with van der Waals surface area (Å²) in [4.78, 5) is 17.9. The lowest BCUT2D eigenvalue weighted by molar-refractivity contribution is 0.0185. The Kier molecular flexibility index (Phi) is 7.06. The number of fused-ring (bicyclic) bond motifs is 1. The first-order valence-electron chi connectivity index (χ1n) is 8.89. The van der Waals surface area contributed by atoms with Crippen LogP contribution in [0.1, 0.15) is 34.1 Å². The summed E-state index contributed by atoms with van der Waals surface area (Å²) in [5, 5.41) is 9.41. The number of ether oxygens (including phenoxy) is 1. The van der Waals surface area contributed by atoms with E-state index in [2.05, 4.69) is 20.9 Å². The number of carbonyl (C=O) groups excluding carboxylic acids is 1. The quantitative estimate of drug-likeness (QED) is 0.687. The summed E-state index contributed by atoms with van der Waals surface area (Å²) in [5.41, 5.74) is -0.791. The first kappa shape index (κ1) is 22.6. The fourth-order valence-corrected chi connectivity index (χ4v) is 5.66. The predicted octanol–water partition coefficient (Wildman–Crippen LogP) is 3.74. The third-order valence-corrected chi connectivity index (χ3v) is 6.89. The van der Waals surface area contributed by atoms with Crippen molar-refractivity contribution in [1.82, 2.24) is 9.88 Å². The Balaban J connectivity index is 2.59. The number of hydrogen-bond donors (Lipinski definition) is 1. The van der Waals surface area contributed by atoms with Gasteiger partial charge in [0.2, 0.25) is 0 Å². The molecule has 7 nitrogen and oxygen atoms in total. The first-order chi connectivity index (χ1) is 13.0. The maximum absolute atomic E-state index is 13.5. The third kappa shape index (κ3) is 4.82. The molecule has 2 aromatic rings. The van der Waals surface area contributed by atoms with Crippen molar-refractivity contribution in [3.63, 3.8) is 0 Å². The van der Waals surface area contributed by atoms with E-state index in [-0.39, 0.29) is 24.5 Å². The SMILES string of the molecule is CC[C@@H](N(CCO)C(=O)OC(C)(C)C)S(=O)(=O)c1cccc2cncc(Br)c12. The van der Waals surface area contributed by atoms with Crippen LogP contribution in [-0.2, 0) is 14.6 Å². The van der Waals surface area contributed by atoms with Gasteiger partial charge in [0.05, 0.1) is 11.5 Å². The van der Waals surface area contributed by atoms with Crippen LogP contribution < -0.4 is 0 Å². The third-order valence-electron chi connectivity index (χ3n) is 4.03. The second kappa shape index (κ2) is 8.75. The minimum atomic E-state index is -3.97. The maximum Gasteiger partial charge on any atom is 0.411 e. The Morgan fingerprint density at radius 2 is 2.00 bits per heavy atom. The highest BCUT2D eigenvalue weighted by Crippen LogP contribution is 2.33.